The molecule has 114 valence electrons. The lowest BCUT2D eigenvalue weighted by Gasteiger charge is -2.19. The molecule has 2 aromatic rings. The highest BCUT2D eigenvalue weighted by molar-refractivity contribution is 5.37. The fourth-order valence-electron chi connectivity index (χ4n) is 3.22. The zero-order valence-corrected chi connectivity index (χ0v) is 13.8. The van der Waals surface area contributed by atoms with Gasteiger partial charge in [0, 0.05) is 26.2 Å². The van der Waals surface area contributed by atoms with Crippen molar-refractivity contribution in [1.82, 2.24) is 9.80 Å². The monoisotopic (exact) mass is 292 g/mol. The van der Waals surface area contributed by atoms with E-state index in [2.05, 4.69) is 79.7 Å². The maximum atomic E-state index is 3.52. The average Bonchev–Trinajstić information content (AvgIpc) is 2.91. The van der Waals surface area contributed by atoms with Gasteiger partial charge in [-0.15, -0.1) is 0 Å². The third-order valence-electron chi connectivity index (χ3n) is 4.33. The molecule has 0 saturated carbocycles. The fourth-order valence-corrected chi connectivity index (χ4v) is 3.22. The molecule has 1 heterocycles. The van der Waals surface area contributed by atoms with Gasteiger partial charge in [0.2, 0.25) is 0 Å². The smallest absolute Gasteiger partial charge is 0.147 e. The summed E-state index contributed by atoms with van der Waals surface area (Å²) < 4.78 is 0. The Morgan fingerprint density at radius 2 is 1.45 bits per heavy atom. The van der Waals surface area contributed by atoms with Crippen LogP contribution in [0.2, 0.25) is 0 Å². The summed E-state index contributed by atoms with van der Waals surface area (Å²) in [6, 6.07) is 15.2. The molecule has 2 radical (unpaired) electrons. The lowest BCUT2D eigenvalue weighted by molar-refractivity contribution is 0.313. The number of nitrogens with zero attached hydrogens (tertiary/aromatic N) is 2. The molecule has 0 bridgehead atoms. The molecule has 0 amide bonds. The second-order valence-corrected chi connectivity index (χ2v) is 6.31. The van der Waals surface area contributed by atoms with Crippen molar-refractivity contribution in [3.05, 3.63) is 77.0 Å². The summed E-state index contributed by atoms with van der Waals surface area (Å²) in [5, 5.41) is 0. The standard InChI is InChI=1S/C20H24N2/c1-16-11-17(2)20(18(3)12-16)14-22-10-9-21(15-22)13-19-7-5-4-6-8-19/h4-8,11-12H,9-10,13-14H2,1-3H3. The minimum atomic E-state index is 0.948. The molecule has 1 saturated heterocycles. The highest BCUT2D eigenvalue weighted by atomic mass is 15.4. The molecule has 1 fully saturated rings. The van der Waals surface area contributed by atoms with Crippen LogP contribution in [-0.2, 0) is 13.1 Å². The summed E-state index contributed by atoms with van der Waals surface area (Å²) in [6.07, 6.45) is 0. The van der Waals surface area contributed by atoms with Gasteiger partial charge >= 0.3 is 0 Å². The molecule has 0 aliphatic carbocycles. The van der Waals surface area contributed by atoms with E-state index in [1.807, 2.05) is 0 Å². The van der Waals surface area contributed by atoms with Crippen LogP contribution < -0.4 is 0 Å². The average molecular weight is 292 g/mol. The molecule has 1 aliphatic rings. The van der Waals surface area contributed by atoms with E-state index in [9.17, 15) is 0 Å². The molecule has 0 N–H and O–H groups in total. The summed E-state index contributed by atoms with van der Waals surface area (Å²) in [5.74, 6) is 0. The van der Waals surface area contributed by atoms with Crippen molar-refractivity contribution < 1.29 is 0 Å². The van der Waals surface area contributed by atoms with Crippen molar-refractivity contribution in [2.45, 2.75) is 33.9 Å². The summed E-state index contributed by atoms with van der Waals surface area (Å²) in [4.78, 5) is 4.60. The molecule has 2 nitrogen and oxygen atoms in total. The SMILES string of the molecule is Cc1cc(C)c(CN2[C]N(Cc3ccccc3)CC2)c(C)c1. The van der Waals surface area contributed by atoms with E-state index in [0.29, 0.717) is 0 Å². The van der Waals surface area contributed by atoms with Gasteiger partial charge in [0.15, 0.2) is 0 Å². The Kier molecular flexibility index (Phi) is 4.60. The molecule has 2 heteroatoms. The van der Waals surface area contributed by atoms with E-state index >= 15 is 0 Å². The van der Waals surface area contributed by atoms with Gasteiger partial charge in [-0.2, -0.15) is 0 Å². The van der Waals surface area contributed by atoms with Gasteiger partial charge in [-0.1, -0.05) is 48.0 Å². The minimum Gasteiger partial charge on any atom is -0.274 e. The first-order valence-electron chi connectivity index (χ1n) is 7.98. The van der Waals surface area contributed by atoms with Crippen molar-refractivity contribution >= 4 is 0 Å². The van der Waals surface area contributed by atoms with E-state index < -0.39 is 0 Å². The largest absolute Gasteiger partial charge is 0.274 e. The third kappa shape index (κ3) is 3.57. The highest BCUT2D eigenvalue weighted by Gasteiger charge is 2.22. The minimum absolute atomic E-state index is 0.948. The first-order chi connectivity index (χ1) is 10.6. The predicted molar refractivity (Wildman–Crippen MR) is 91.2 cm³/mol. The van der Waals surface area contributed by atoms with E-state index in [1.165, 1.54) is 27.8 Å². The molecule has 0 aromatic heterocycles. The van der Waals surface area contributed by atoms with Crippen LogP contribution in [0.15, 0.2) is 42.5 Å². The molecular weight excluding hydrogens is 268 g/mol. The van der Waals surface area contributed by atoms with Crippen LogP contribution in [0.25, 0.3) is 0 Å². The summed E-state index contributed by atoms with van der Waals surface area (Å²) in [5.41, 5.74) is 6.92. The Hall–Kier alpha value is -1.64. The van der Waals surface area contributed by atoms with Crippen LogP contribution in [-0.4, -0.2) is 22.9 Å². The van der Waals surface area contributed by atoms with Gasteiger partial charge in [-0.05, 0) is 43.0 Å². The van der Waals surface area contributed by atoms with Crippen molar-refractivity contribution in [1.29, 1.82) is 0 Å². The van der Waals surface area contributed by atoms with E-state index in [-0.39, 0.29) is 0 Å². The van der Waals surface area contributed by atoms with Crippen LogP contribution in [0.4, 0.5) is 0 Å². The molecule has 1 aliphatic heterocycles. The van der Waals surface area contributed by atoms with Crippen LogP contribution >= 0.6 is 0 Å². The van der Waals surface area contributed by atoms with E-state index in [4.69, 9.17) is 0 Å². The second-order valence-electron chi connectivity index (χ2n) is 6.31. The Balaban J connectivity index is 1.62. The second kappa shape index (κ2) is 6.64. The fraction of sp³-hybridized carbons (Fsp3) is 0.350. The van der Waals surface area contributed by atoms with Gasteiger partial charge < -0.3 is 0 Å². The highest BCUT2D eigenvalue weighted by Crippen LogP contribution is 2.22. The first kappa shape index (κ1) is 15.3. The molecule has 3 rings (SSSR count). The van der Waals surface area contributed by atoms with Crippen LogP contribution in [0.1, 0.15) is 27.8 Å². The normalized spacial score (nSPS) is 16.3. The zero-order chi connectivity index (χ0) is 15.5. The number of aryl methyl sites for hydroxylation is 3. The molecule has 0 unspecified atom stereocenters. The van der Waals surface area contributed by atoms with Gasteiger partial charge in [0.1, 0.15) is 6.67 Å². The van der Waals surface area contributed by atoms with Crippen LogP contribution in [0, 0.1) is 27.4 Å². The van der Waals surface area contributed by atoms with Crippen LogP contribution in [0.5, 0.6) is 0 Å². The number of hydrogen-bond acceptors (Lipinski definition) is 2. The molecule has 22 heavy (non-hydrogen) atoms. The Labute approximate surface area is 134 Å². The quantitative estimate of drug-likeness (QED) is 0.842. The zero-order valence-electron chi connectivity index (χ0n) is 13.8. The Morgan fingerprint density at radius 1 is 0.864 bits per heavy atom. The van der Waals surface area contributed by atoms with Crippen molar-refractivity contribution in [2.24, 2.45) is 0 Å². The lowest BCUT2D eigenvalue weighted by Crippen LogP contribution is -2.20. The van der Waals surface area contributed by atoms with Crippen molar-refractivity contribution in [3.8, 4) is 0 Å². The van der Waals surface area contributed by atoms with Crippen molar-refractivity contribution in [3.63, 3.8) is 0 Å². The summed E-state index contributed by atoms with van der Waals surface area (Å²) >= 11 is 0. The third-order valence-corrected chi connectivity index (χ3v) is 4.33. The molecule has 2 aromatic carbocycles. The van der Waals surface area contributed by atoms with Crippen LogP contribution in [0.3, 0.4) is 0 Å². The van der Waals surface area contributed by atoms with Gasteiger partial charge in [-0.25, -0.2) is 0 Å². The lowest BCUT2D eigenvalue weighted by atomic mass is 9.99. The number of benzene rings is 2. The maximum absolute atomic E-state index is 3.52. The van der Waals surface area contributed by atoms with Crippen molar-refractivity contribution in [2.75, 3.05) is 13.1 Å². The molecule has 0 spiro atoms. The Morgan fingerprint density at radius 3 is 2.09 bits per heavy atom. The summed E-state index contributed by atoms with van der Waals surface area (Å²) in [6.45, 7) is 14.1. The van der Waals surface area contributed by atoms with E-state index in [1.54, 1.807) is 0 Å². The summed E-state index contributed by atoms with van der Waals surface area (Å²) in [7, 11) is 0. The number of rotatable bonds is 4. The molecule has 0 atom stereocenters. The topological polar surface area (TPSA) is 6.48 Å². The Bertz CT molecular complexity index is 610. The van der Waals surface area contributed by atoms with E-state index in [0.717, 1.165) is 26.2 Å². The van der Waals surface area contributed by atoms with Gasteiger partial charge in [0.25, 0.3) is 0 Å². The van der Waals surface area contributed by atoms with Gasteiger partial charge in [0.05, 0.1) is 0 Å². The predicted octanol–water partition coefficient (Wildman–Crippen LogP) is 3.93. The van der Waals surface area contributed by atoms with Gasteiger partial charge in [-0.3, -0.25) is 9.80 Å². The first-order valence-corrected chi connectivity index (χ1v) is 7.98. The number of hydrogen-bond donors (Lipinski definition) is 0. The molecular formula is C20H24N2. The maximum Gasteiger partial charge on any atom is 0.147 e.